The summed E-state index contributed by atoms with van der Waals surface area (Å²) < 4.78 is 15.4. The molecule has 0 aromatic carbocycles. The lowest BCUT2D eigenvalue weighted by atomic mass is 10.2. The van der Waals surface area contributed by atoms with Gasteiger partial charge in [-0.05, 0) is 18.1 Å². The largest absolute Gasteiger partial charge is 0.264 e. The zero-order chi connectivity index (χ0) is 9.73. The molecule has 1 aromatic rings. The van der Waals surface area contributed by atoms with Gasteiger partial charge in [0.1, 0.15) is 0 Å². The molecule has 1 aromatic heterocycles. The quantitative estimate of drug-likeness (QED) is 0.735. The van der Waals surface area contributed by atoms with Gasteiger partial charge in [-0.3, -0.25) is 9.19 Å². The standard InChI is InChI=1S/C9H14N2OS/c1-10-13(2,12)7-5-9-4-3-6-11-8-9/h3-4,6,8H,5,7H2,1-2H3. The zero-order valence-electron chi connectivity index (χ0n) is 7.93. The van der Waals surface area contributed by atoms with Crippen LogP contribution in [0.15, 0.2) is 28.9 Å². The van der Waals surface area contributed by atoms with Crippen molar-refractivity contribution >= 4 is 9.73 Å². The molecule has 3 nitrogen and oxygen atoms in total. The lowest BCUT2D eigenvalue weighted by Gasteiger charge is -2.02. The van der Waals surface area contributed by atoms with Crippen LogP contribution in [0.3, 0.4) is 0 Å². The summed E-state index contributed by atoms with van der Waals surface area (Å²) in [5.41, 5.74) is 1.11. The fourth-order valence-electron chi connectivity index (χ4n) is 0.945. The smallest absolute Gasteiger partial charge is 0.0439 e. The Labute approximate surface area is 79.4 Å². The van der Waals surface area contributed by atoms with E-state index in [1.165, 1.54) is 0 Å². The molecular weight excluding hydrogens is 184 g/mol. The first-order chi connectivity index (χ1) is 6.14. The Morgan fingerprint density at radius 3 is 2.92 bits per heavy atom. The fraction of sp³-hybridized carbons (Fsp3) is 0.444. The topological polar surface area (TPSA) is 42.3 Å². The van der Waals surface area contributed by atoms with Crippen LogP contribution in [0.25, 0.3) is 0 Å². The maximum Gasteiger partial charge on any atom is 0.0439 e. The maximum absolute atomic E-state index is 11.5. The fourth-order valence-corrected chi connectivity index (χ4v) is 1.74. The number of rotatable bonds is 3. The van der Waals surface area contributed by atoms with Crippen molar-refractivity contribution < 1.29 is 4.21 Å². The lowest BCUT2D eigenvalue weighted by Crippen LogP contribution is -2.05. The van der Waals surface area contributed by atoms with Gasteiger partial charge in [-0.25, -0.2) is 4.36 Å². The Morgan fingerprint density at radius 2 is 2.38 bits per heavy atom. The van der Waals surface area contributed by atoms with Crippen molar-refractivity contribution in [2.75, 3.05) is 19.1 Å². The molecule has 0 N–H and O–H groups in total. The second kappa shape index (κ2) is 4.37. The minimum atomic E-state index is -1.97. The van der Waals surface area contributed by atoms with Gasteiger partial charge < -0.3 is 0 Å². The van der Waals surface area contributed by atoms with Gasteiger partial charge in [0, 0.05) is 41.2 Å². The SMILES string of the molecule is CN=S(C)(=O)CCc1cccnc1. The third-order valence-electron chi connectivity index (χ3n) is 1.88. The first-order valence-corrected chi connectivity index (χ1v) is 6.20. The molecule has 0 aliphatic carbocycles. The van der Waals surface area contributed by atoms with Crippen molar-refractivity contribution in [3.63, 3.8) is 0 Å². The molecule has 0 fully saturated rings. The molecule has 4 heteroatoms. The Balaban J connectivity index is 2.59. The number of nitrogens with zero attached hydrogens (tertiary/aromatic N) is 2. The first-order valence-electron chi connectivity index (χ1n) is 4.11. The zero-order valence-corrected chi connectivity index (χ0v) is 8.75. The first kappa shape index (κ1) is 10.2. The molecule has 0 aliphatic rings. The summed E-state index contributed by atoms with van der Waals surface area (Å²) in [7, 11) is -0.368. The van der Waals surface area contributed by atoms with Crippen molar-refractivity contribution in [2.45, 2.75) is 6.42 Å². The Bertz CT molecular complexity index is 366. The van der Waals surface area contributed by atoms with Crippen LogP contribution in [-0.2, 0) is 16.1 Å². The number of hydrogen-bond donors (Lipinski definition) is 0. The molecule has 0 aliphatic heterocycles. The normalized spacial score (nSPS) is 14.9. The predicted octanol–water partition coefficient (Wildman–Crippen LogP) is 1.35. The van der Waals surface area contributed by atoms with E-state index in [1.54, 1.807) is 25.7 Å². The Morgan fingerprint density at radius 1 is 1.62 bits per heavy atom. The van der Waals surface area contributed by atoms with E-state index in [-0.39, 0.29) is 0 Å². The van der Waals surface area contributed by atoms with Crippen LogP contribution in [0.5, 0.6) is 0 Å². The minimum Gasteiger partial charge on any atom is -0.264 e. The molecule has 1 unspecified atom stereocenters. The number of aromatic nitrogens is 1. The maximum atomic E-state index is 11.5. The highest BCUT2D eigenvalue weighted by molar-refractivity contribution is 7.92. The van der Waals surface area contributed by atoms with Gasteiger partial charge in [0.25, 0.3) is 0 Å². The lowest BCUT2D eigenvalue weighted by molar-refractivity contribution is 0.679. The van der Waals surface area contributed by atoms with Crippen molar-refractivity contribution in [1.82, 2.24) is 4.98 Å². The highest BCUT2D eigenvalue weighted by atomic mass is 32.2. The minimum absolute atomic E-state index is 0.606. The van der Waals surface area contributed by atoms with E-state index >= 15 is 0 Å². The van der Waals surface area contributed by atoms with Crippen LogP contribution in [0.4, 0.5) is 0 Å². The summed E-state index contributed by atoms with van der Waals surface area (Å²) in [4.78, 5) is 3.99. The van der Waals surface area contributed by atoms with Gasteiger partial charge in [0.2, 0.25) is 0 Å². The van der Waals surface area contributed by atoms with Crippen molar-refractivity contribution in [3.8, 4) is 0 Å². The molecule has 0 amide bonds. The van der Waals surface area contributed by atoms with Crippen LogP contribution >= 0.6 is 0 Å². The molecule has 0 radical (unpaired) electrons. The summed E-state index contributed by atoms with van der Waals surface area (Å²) in [5, 5.41) is 0. The summed E-state index contributed by atoms with van der Waals surface area (Å²) >= 11 is 0. The van der Waals surface area contributed by atoms with Crippen molar-refractivity contribution in [3.05, 3.63) is 30.1 Å². The average Bonchev–Trinajstić information content (AvgIpc) is 2.17. The van der Waals surface area contributed by atoms with Gasteiger partial charge >= 0.3 is 0 Å². The summed E-state index contributed by atoms with van der Waals surface area (Å²) in [6, 6.07) is 3.87. The van der Waals surface area contributed by atoms with Crippen LogP contribution in [0.2, 0.25) is 0 Å². The molecule has 0 saturated heterocycles. The van der Waals surface area contributed by atoms with Gasteiger partial charge in [-0.15, -0.1) is 0 Å². The van der Waals surface area contributed by atoms with E-state index in [0.717, 1.165) is 12.0 Å². The summed E-state index contributed by atoms with van der Waals surface area (Å²) in [5.74, 6) is 0.606. The van der Waals surface area contributed by atoms with Crippen LogP contribution < -0.4 is 0 Å². The van der Waals surface area contributed by atoms with E-state index in [1.807, 2.05) is 12.1 Å². The van der Waals surface area contributed by atoms with E-state index in [0.29, 0.717) is 5.75 Å². The number of hydrogen-bond acceptors (Lipinski definition) is 3. The Kier molecular flexibility index (Phi) is 3.42. The monoisotopic (exact) mass is 198 g/mol. The molecular formula is C9H14N2OS. The van der Waals surface area contributed by atoms with E-state index < -0.39 is 9.73 Å². The number of aryl methyl sites for hydroxylation is 1. The molecule has 1 heterocycles. The predicted molar refractivity (Wildman–Crippen MR) is 55.2 cm³/mol. The van der Waals surface area contributed by atoms with Crippen LogP contribution in [0.1, 0.15) is 5.56 Å². The van der Waals surface area contributed by atoms with Gasteiger partial charge in [0.05, 0.1) is 0 Å². The molecule has 0 saturated carbocycles. The molecule has 13 heavy (non-hydrogen) atoms. The molecule has 0 bridgehead atoms. The molecule has 0 spiro atoms. The molecule has 72 valence electrons. The third kappa shape index (κ3) is 3.55. The van der Waals surface area contributed by atoms with Crippen LogP contribution in [0, 0.1) is 0 Å². The van der Waals surface area contributed by atoms with Gasteiger partial charge in [-0.2, -0.15) is 0 Å². The van der Waals surface area contributed by atoms with Gasteiger partial charge in [-0.1, -0.05) is 6.07 Å². The number of pyridine rings is 1. The highest BCUT2D eigenvalue weighted by Crippen LogP contribution is 2.00. The molecule has 1 atom stereocenters. The third-order valence-corrected chi connectivity index (χ3v) is 3.61. The van der Waals surface area contributed by atoms with E-state index in [4.69, 9.17) is 0 Å². The average molecular weight is 198 g/mol. The van der Waals surface area contributed by atoms with E-state index in [2.05, 4.69) is 9.35 Å². The highest BCUT2D eigenvalue weighted by Gasteiger charge is 2.00. The second-order valence-electron chi connectivity index (χ2n) is 2.96. The second-order valence-corrected chi connectivity index (χ2v) is 5.65. The van der Waals surface area contributed by atoms with Crippen LogP contribution in [-0.4, -0.2) is 28.2 Å². The van der Waals surface area contributed by atoms with E-state index in [9.17, 15) is 4.21 Å². The van der Waals surface area contributed by atoms with Crippen molar-refractivity contribution in [2.24, 2.45) is 4.36 Å². The summed E-state index contributed by atoms with van der Waals surface area (Å²) in [6.45, 7) is 0. The Hall–Kier alpha value is -0.900. The molecule has 1 rings (SSSR count). The summed E-state index contributed by atoms with van der Waals surface area (Å²) in [6.07, 6.45) is 5.99. The van der Waals surface area contributed by atoms with Crippen molar-refractivity contribution in [1.29, 1.82) is 0 Å². The van der Waals surface area contributed by atoms with Gasteiger partial charge in [0.15, 0.2) is 0 Å².